The summed E-state index contributed by atoms with van der Waals surface area (Å²) in [7, 11) is 0. The van der Waals surface area contributed by atoms with Gasteiger partial charge in [-0.3, -0.25) is 0 Å². The molecule has 0 unspecified atom stereocenters. The minimum Gasteiger partial charge on any atom is -0.481 e. The van der Waals surface area contributed by atoms with E-state index in [-0.39, 0.29) is 12.2 Å². The first-order chi connectivity index (χ1) is 12.3. The summed E-state index contributed by atoms with van der Waals surface area (Å²) in [6.45, 7) is 9.32. The molecule has 0 spiro atoms. The summed E-state index contributed by atoms with van der Waals surface area (Å²) < 4.78 is 12.5. The minimum absolute atomic E-state index is 0.0472. The standard InChI is InChI=1S/C21H28N2O2/c1-3-23(4-2)15-14-22-16-20-21(17-10-6-5-7-11-17)25-19-13-9-8-12-18(19)24-20/h5-13,20-22H,3-4,14-16H2,1-2H3/t20-,21-/m0/s1. The Morgan fingerprint density at radius 3 is 2.20 bits per heavy atom. The molecule has 0 saturated heterocycles. The Morgan fingerprint density at radius 1 is 0.880 bits per heavy atom. The maximum absolute atomic E-state index is 6.28. The van der Waals surface area contributed by atoms with Crippen molar-refractivity contribution in [2.24, 2.45) is 0 Å². The highest BCUT2D eigenvalue weighted by Crippen LogP contribution is 2.38. The van der Waals surface area contributed by atoms with E-state index in [2.05, 4.69) is 36.2 Å². The van der Waals surface area contributed by atoms with Gasteiger partial charge in [-0.1, -0.05) is 56.3 Å². The monoisotopic (exact) mass is 340 g/mol. The van der Waals surface area contributed by atoms with Gasteiger partial charge in [0.1, 0.15) is 0 Å². The zero-order valence-electron chi connectivity index (χ0n) is 15.2. The number of likely N-dealkylation sites (N-methyl/N-ethyl adjacent to an activating group) is 1. The predicted octanol–water partition coefficient (Wildman–Crippen LogP) is 3.50. The maximum atomic E-state index is 6.28. The fraction of sp³-hybridized carbons (Fsp3) is 0.429. The lowest BCUT2D eigenvalue weighted by molar-refractivity contribution is 0.0199. The van der Waals surface area contributed by atoms with Crippen LogP contribution >= 0.6 is 0 Å². The summed E-state index contributed by atoms with van der Waals surface area (Å²) in [6, 6.07) is 18.2. The Kier molecular flexibility index (Phi) is 6.31. The Labute approximate surface area is 150 Å². The molecule has 0 fully saturated rings. The van der Waals surface area contributed by atoms with Gasteiger partial charge < -0.3 is 19.7 Å². The van der Waals surface area contributed by atoms with Crippen molar-refractivity contribution in [3.05, 3.63) is 60.2 Å². The van der Waals surface area contributed by atoms with Crippen LogP contribution in [0.4, 0.5) is 0 Å². The van der Waals surface area contributed by atoms with E-state index in [9.17, 15) is 0 Å². The van der Waals surface area contributed by atoms with Crippen LogP contribution < -0.4 is 14.8 Å². The number of hydrogen-bond acceptors (Lipinski definition) is 4. The molecule has 0 aliphatic carbocycles. The molecular formula is C21H28N2O2. The zero-order valence-corrected chi connectivity index (χ0v) is 15.2. The molecule has 25 heavy (non-hydrogen) atoms. The zero-order chi connectivity index (χ0) is 17.5. The third-order valence-electron chi connectivity index (χ3n) is 4.69. The van der Waals surface area contributed by atoms with Crippen LogP contribution in [0.25, 0.3) is 0 Å². The highest BCUT2D eigenvalue weighted by molar-refractivity contribution is 5.42. The van der Waals surface area contributed by atoms with E-state index in [4.69, 9.17) is 9.47 Å². The lowest BCUT2D eigenvalue weighted by Crippen LogP contribution is -2.43. The van der Waals surface area contributed by atoms with E-state index >= 15 is 0 Å². The second-order valence-electron chi connectivity index (χ2n) is 6.28. The van der Waals surface area contributed by atoms with E-state index in [1.165, 1.54) is 0 Å². The second kappa shape index (κ2) is 8.88. The highest BCUT2D eigenvalue weighted by atomic mass is 16.6. The van der Waals surface area contributed by atoms with Crippen molar-refractivity contribution in [2.75, 3.05) is 32.7 Å². The number of para-hydroxylation sites is 2. The number of ether oxygens (including phenoxy) is 2. The van der Waals surface area contributed by atoms with Gasteiger partial charge in [-0.25, -0.2) is 0 Å². The number of hydrogen-bond donors (Lipinski definition) is 1. The van der Waals surface area contributed by atoms with Crippen LogP contribution in [0.3, 0.4) is 0 Å². The molecule has 1 aliphatic rings. The third-order valence-corrected chi connectivity index (χ3v) is 4.69. The Bertz CT molecular complexity index is 643. The van der Waals surface area contributed by atoms with Crippen LogP contribution in [0, 0.1) is 0 Å². The van der Waals surface area contributed by atoms with Crippen molar-refractivity contribution in [3.8, 4) is 11.5 Å². The molecule has 0 bridgehead atoms. The highest BCUT2D eigenvalue weighted by Gasteiger charge is 2.32. The van der Waals surface area contributed by atoms with Gasteiger partial charge in [0.2, 0.25) is 0 Å². The van der Waals surface area contributed by atoms with Gasteiger partial charge in [-0.15, -0.1) is 0 Å². The summed E-state index contributed by atoms with van der Waals surface area (Å²) in [5, 5.41) is 3.54. The molecule has 0 saturated carbocycles. The summed E-state index contributed by atoms with van der Waals surface area (Å²) in [5.74, 6) is 1.64. The van der Waals surface area contributed by atoms with Crippen molar-refractivity contribution in [1.82, 2.24) is 10.2 Å². The summed E-state index contributed by atoms with van der Waals surface area (Å²) >= 11 is 0. The van der Waals surface area contributed by atoms with E-state index in [1.807, 2.05) is 42.5 Å². The van der Waals surface area contributed by atoms with E-state index in [1.54, 1.807) is 0 Å². The molecule has 1 N–H and O–H groups in total. The Morgan fingerprint density at radius 2 is 1.52 bits per heavy atom. The van der Waals surface area contributed by atoms with Crippen molar-refractivity contribution in [1.29, 1.82) is 0 Å². The third kappa shape index (κ3) is 4.53. The molecule has 2 aromatic rings. The maximum Gasteiger partial charge on any atom is 0.162 e. The van der Waals surface area contributed by atoms with Crippen molar-refractivity contribution < 1.29 is 9.47 Å². The fourth-order valence-electron chi connectivity index (χ4n) is 3.18. The molecule has 0 radical (unpaired) electrons. The lowest BCUT2D eigenvalue weighted by Gasteiger charge is -2.34. The normalized spacial score (nSPS) is 19.2. The van der Waals surface area contributed by atoms with Crippen molar-refractivity contribution >= 4 is 0 Å². The van der Waals surface area contributed by atoms with E-state index < -0.39 is 0 Å². The first kappa shape index (κ1) is 17.8. The van der Waals surface area contributed by atoms with Crippen LogP contribution in [0.2, 0.25) is 0 Å². The van der Waals surface area contributed by atoms with Crippen molar-refractivity contribution in [2.45, 2.75) is 26.1 Å². The smallest absolute Gasteiger partial charge is 0.162 e. The van der Waals surface area contributed by atoms with Crippen LogP contribution in [0.1, 0.15) is 25.5 Å². The van der Waals surface area contributed by atoms with E-state index in [0.29, 0.717) is 0 Å². The quantitative estimate of drug-likeness (QED) is 0.746. The summed E-state index contributed by atoms with van der Waals surface area (Å²) in [6.07, 6.45) is -0.147. The molecule has 2 aromatic carbocycles. The number of fused-ring (bicyclic) bond motifs is 1. The largest absolute Gasteiger partial charge is 0.481 e. The topological polar surface area (TPSA) is 33.7 Å². The molecule has 1 heterocycles. The number of nitrogens with one attached hydrogen (secondary N) is 1. The molecule has 0 amide bonds. The SMILES string of the molecule is CCN(CC)CCNC[C@@H]1Oc2ccccc2O[C@H]1c1ccccc1. The van der Waals surface area contributed by atoms with Crippen LogP contribution in [-0.4, -0.2) is 43.7 Å². The first-order valence-corrected chi connectivity index (χ1v) is 9.22. The number of rotatable bonds is 8. The molecule has 2 atom stereocenters. The Balaban J connectivity index is 1.66. The average Bonchev–Trinajstić information content (AvgIpc) is 2.68. The van der Waals surface area contributed by atoms with Crippen LogP contribution in [0.15, 0.2) is 54.6 Å². The minimum atomic E-state index is -0.1000. The second-order valence-corrected chi connectivity index (χ2v) is 6.28. The van der Waals surface area contributed by atoms with Gasteiger partial charge in [0.05, 0.1) is 0 Å². The van der Waals surface area contributed by atoms with Gasteiger partial charge in [0.15, 0.2) is 23.7 Å². The van der Waals surface area contributed by atoms with Gasteiger partial charge in [-0.2, -0.15) is 0 Å². The molecule has 3 rings (SSSR count). The van der Waals surface area contributed by atoms with Gasteiger partial charge in [0, 0.05) is 19.6 Å². The van der Waals surface area contributed by atoms with Gasteiger partial charge in [0.25, 0.3) is 0 Å². The molecular weight excluding hydrogens is 312 g/mol. The predicted molar refractivity (Wildman–Crippen MR) is 101 cm³/mol. The lowest BCUT2D eigenvalue weighted by atomic mass is 10.0. The van der Waals surface area contributed by atoms with Gasteiger partial charge in [-0.05, 0) is 30.8 Å². The molecule has 1 aliphatic heterocycles. The molecule has 0 aromatic heterocycles. The number of nitrogens with zero attached hydrogens (tertiary/aromatic N) is 1. The van der Waals surface area contributed by atoms with Crippen LogP contribution in [-0.2, 0) is 0 Å². The average molecular weight is 340 g/mol. The van der Waals surface area contributed by atoms with Crippen molar-refractivity contribution in [3.63, 3.8) is 0 Å². The molecule has 4 heteroatoms. The first-order valence-electron chi connectivity index (χ1n) is 9.22. The van der Waals surface area contributed by atoms with E-state index in [0.717, 1.165) is 49.8 Å². The fourth-order valence-corrected chi connectivity index (χ4v) is 3.18. The molecule has 4 nitrogen and oxygen atoms in total. The Hall–Kier alpha value is -2.04. The van der Waals surface area contributed by atoms with Gasteiger partial charge >= 0.3 is 0 Å². The summed E-state index contributed by atoms with van der Waals surface area (Å²) in [5.41, 5.74) is 1.15. The summed E-state index contributed by atoms with van der Waals surface area (Å²) in [4.78, 5) is 2.41. The molecule has 134 valence electrons. The van der Waals surface area contributed by atoms with Crippen LogP contribution in [0.5, 0.6) is 11.5 Å². The number of benzene rings is 2.